The van der Waals surface area contributed by atoms with Gasteiger partial charge in [-0.3, -0.25) is 14.4 Å². The molecule has 34 heavy (non-hydrogen) atoms. The summed E-state index contributed by atoms with van der Waals surface area (Å²) in [6.45, 7) is 2.73. The molecule has 1 aliphatic rings. The Morgan fingerprint density at radius 1 is 1.32 bits per heavy atom. The van der Waals surface area contributed by atoms with E-state index in [0.29, 0.717) is 24.6 Å². The summed E-state index contributed by atoms with van der Waals surface area (Å²) in [7, 11) is 0. The number of carbonyl (C=O) groups is 1. The Bertz CT molecular complexity index is 1080. The minimum Gasteiger partial charge on any atom is -0.378 e. The third kappa shape index (κ3) is 6.64. The molecule has 0 saturated carbocycles. The van der Waals surface area contributed by atoms with Gasteiger partial charge in [0.2, 0.25) is 11.9 Å². The predicted octanol–water partition coefficient (Wildman–Crippen LogP) is 1.61. The topological polar surface area (TPSA) is 149 Å². The Hall–Kier alpha value is -3.73. The van der Waals surface area contributed by atoms with E-state index in [1.54, 1.807) is 5.10 Å². The van der Waals surface area contributed by atoms with Gasteiger partial charge in [-0.15, -0.1) is 0 Å². The minimum absolute atomic E-state index is 0.130. The number of aromatic nitrogens is 4. The molecular weight excluding hydrogens is 457 g/mol. The zero-order valence-electron chi connectivity index (χ0n) is 18.2. The Labute approximate surface area is 192 Å². The number of nitriles is 1. The Balaban J connectivity index is 1.39. The molecule has 0 aliphatic carbocycles. The standard InChI is InChI=1S/C20H23F3N8O3/c1-12(28-15-10-27-29-18(33)17(15)20(21,22)23)11-34-30-16(32)6-13-2-4-31(5-3-13)19-25-8-14(7-24)9-26-19/h8-10,12-13H,2-6,11H2,1H3,(H,30,32)(H2,28,29,33)/t12-/m0/s1. The van der Waals surface area contributed by atoms with Crippen LogP contribution in [0.5, 0.6) is 0 Å². The number of halogens is 3. The monoisotopic (exact) mass is 480 g/mol. The fourth-order valence-electron chi connectivity index (χ4n) is 3.53. The smallest absolute Gasteiger partial charge is 0.378 e. The molecule has 11 nitrogen and oxygen atoms in total. The lowest BCUT2D eigenvalue weighted by atomic mass is 9.93. The van der Waals surface area contributed by atoms with E-state index in [0.717, 1.165) is 19.0 Å². The Morgan fingerprint density at radius 3 is 2.62 bits per heavy atom. The van der Waals surface area contributed by atoms with Gasteiger partial charge in [-0.25, -0.2) is 20.5 Å². The number of alkyl halides is 3. The molecule has 2 aromatic heterocycles. The van der Waals surface area contributed by atoms with Gasteiger partial charge in [0.05, 0.1) is 36.4 Å². The molecule has 0 aromatic carbocycles. The summed E-state index contributed by atoms with van der Waals surface area (Å²) in [5.41, 5.74) is -0.516. The number of hydrogen-bond acceptors (Lipinski definition) is 9. The number of aromatic amines is 1. The fourth-order valence-corrected chi connectivity index (χ4v) is 3.53. The number of anilines is 2. The summed E-state index contributed by atoms with van der Waals surface area (Å²) in [5.74, 6) is 0.329. The van der Waals surface area contributed by atoms with E-state index in [1.807, 2.05) is 11.0 Å². The van der Waals surface area contributed by atoms with Gasteiger partial charge >= 0.3 is 6.18 Å². The van der Waals surface area contributed by atoms with Crippen LogP contribution in [0.2, 0.25) is 0 Å². The number of hydrogen-bond donors (Lipinski definition) is 3. The highest BCUT2D eigenvalue weighted by molar-refractivity contribution is 5.75. The third-order valence-corrected chi connectivity index (χ3v) is 5.20. The van der Waals surface area contributed by atoms with E-state index in [2.05, 4.69) is 25.9 Å². The maximum atomic E-state index is 13.1. The van der Waals surface area contributed by atoms with E-state index >= 15 is 0 Å². The highest BCUT2D eigenvalue weighted by Gasteiger charge is 2.37. The van der Waals surface area contributed by atoms with Crippen LogP contribution in [-0.2, 0) is 15.8 Å². The van der Waals surface area contributed by atoms with Crippen LogP contribution >= 0.6 is 0 Å². The van der Waals surface area contributed by atoms with Gasteiger partial charge < -0.3 is 10.2 Å². The van der Waals surface area contributed by atoms with E-state index in [4.69, 9.17) is 10.1 Å². The van der Waals surface area contributed by atoms with Crippen LogP contribution in [0.3, 0.4) is 0 Å². The lowest BCUT2D eigenvalue weighted by molar-refractivity contribution is -0.138. The van der Waals surface area contributed by atoms with Gasteiger partial charge in [0, 0.05) is 25.6 Å². The number of piperidine rings is 1. The second-order valence-electron chi connectivity index (χ2n) is 7.89. The molecular formula is C20H23F3N8O3. The van der Waals surface area contributed by atoms with Crippen LogP contribution in [0.4, 0.5) is 24.8 Å². The van der Waals surface area contributed by atoms with Crippen LogP contribution in [-0.4, -0.2) is 51.8 Å². The molecule has 14 heteroatoms. The molecule has 3 rings (SSSR count). The van der Waals surface area contributed by atoms with Crippen molar-refractivity contribution in [1.82, 2.24) is 25.6 Å². The summed E-state index contributed by atoms with van der Waals surface area (Å²) < 4.78 is 39.3. The van der Waals surface area contributed by atoms with Gasteiger partial charge in [-0.1, -0.05) is 0 Å². The third-order valence-electron chi connectivity index (χ3n) is 5.20. The lowest BCUT2D eigenvalue weighted by Crippen LogP contribution is -2.37. The van der Waals surface area contributed by atoms with Gasteiger partial charge in [0.1, 0.15) is 11.6 Å². The van der Waals surface area contributed by atoms with Crippen molar-refractivity contribution in [3.63, 3.8) is 0 Å². The van der Waals surface area contributed by atoms with Crippen LogP contribution in [0.25, 0.3) is 0 Å². The van der Waals surface area contributed by atoms with Crippen LogP contribution < -0.4 is 21.3 Å². The molecule has 1 aliphatic heterocycles. The first-order chi connectivity index (χ1) is 16.2. The summed E-state index contributed by atoms with van der Waals surface area (Å²) in [4.78, 5) is 39.1. The highest BCUT2D eigenvalue weighted by atomic mass is 19.4. The second-order valence-corrected chi connectivity index (χ2v) is 7.89. The summed E-state index contributed by atoms with van der Waals surface area (Å²) >= 11 is 0. The van der Waals surface area contributed by atoms with Gasteiger partial charge in [-0.05, 0) is 25.7 Å². The number of amides is 1. The fraction of sp³-hybridized carbons (Fsp3) is 0.500. The summed E-state index contributed by atoms with van der Waals surface area (Å²) in [5, 5.41) is 16.5. The minimum atomic E-state index is -4.85. The predicted molar refractivity (Wildman–Crippen MR) is 113 cm³/mol. The molecule has 3 N–H and O–H groups in total. The van der Waals surface area contributed by atoms with Crippen molar-refractivity contribution in [3.05, 3.63) is 40.1 Å². The van der Waals surface area contributed by atoms with Crippen molar-refractivity contribution in [2.45, 2.75) is 38.4 Å². The van der Waals surface area contributed by atoms with E-state index < -0.39 is 29.0 Å². The quantitative estimate of drug-likeness (QED) is 0.479. The van der Waals surface area contributed by atoms with Crippen LogP contribution in [0, 0.1) is 17.2 Å². The largest absolute Gasteiger partial charge is 0.423 e. The lowest BCUT2D eigenvalue weighted by Gasteiger charge is -2.31. The SMILES string of the molecule is C[C@@H](CONC(=O)CC1CCN(c2ncc(C#N)cn2)CC1)Nc1cn[nH]c(=O)c1C(F)(F)F. The first kappa shape index (κ1) is 24.9. The normalized spacial score (nSPS) is 15.4. The summed E-state index contributed by atoms with van der Waals surface area (Å²) in [6.07, 6.45) is 0.663. The molecule has 1 atom stereocenters. The number of rotatable bonds is 8. The molecule has 0 unspecified atom stereocenters. The number of nitrogens with zero attached hydrogens (tertiary/aromatic N) is 5. The van der Waals surface area contributed by atoms with Crippen LogP contribution in [0.1, 0.15) is 37.3 Å². The number of carbonyl (C=O) groups excluding carboxylic acids is 1. The highest BCUT2D eigenvalue weighted by Crippen LogP contribution is 2.31. The molecule has 182 valence electrons. The summed E-state index contributed by atoms with van der Waals surface area (Å²) in [6, 6.07) is 1.31. The molecule has 0 spiro atoms. The van der Waals surface area contributed by atoms with Crippen molar-refractivity contribution in [3.8, 4) is 6.07 Å². The maximum absolute atomic E-state index is 13.1. The first-order valence-electron chi connectivity index (χ1n) is 10.5. The molecule has 2 aromatic rings. The van der Waals surface area contributed by atoms with Gasteiger partial charge in [0.25, 0.3) is 5.56 Å². The molecule has 0 radical (unpaired) electrons. The van der Waals surface area contributed by atoms with E-state index in [1.165, 1.54) is 19.3 Å². The molecule has 0 bridgehead atoms. The average Bonchev–Trinajstić information content (AvgIpc) is 2.79. The number of hydroxylamine groups is 1. The molecule has 1 fully saturated rings. The van der Waals surface area contributed by atoms with Gasteiger partial charge in [-0.2, -0.15) is 23.5 Å². The van der Waals surface area contributed by atoms with Crippen LogP contribution in [0.15, 0.2) is 23.4 Å². The zero-order chi connectivity index (χ0) is 24.7. The molecule has 3 heterocycles. The van der Waals surface area contributed by atoms with Crippen molar-refractivity contribution < 1.29 is 22.8 Å². The average molecular weight is 480 g/mol. The van der Waals surface area contributed by atoms with E-state index in [9.17, 15) is 22.8 Å². The number of H-pyrrole nitrogens is 1. The van der Waals surface area contributed by atoms with Gasteiger partial charge in [0.15, 0.2) is 0 Å². The first-order valence-corrected chi connectivity index (χ1v) is 10.5. The van der Waals surface area contributed by atoms with Crippen molar-refractivity contribution in [2.75, 3.05) is 29.9 Å². The Kier molecular flexibility index (Phi) is 8.00. The van der Waals surface area contributed by atoms with E-state index in [-0.39, 0.29) is 24.9 Å². The second kappa shape index (κ2) is 10.9. The number of nitrogens with one attached hydrogen (secondary N) is 3. The Morgan fingerprint density at radius 2 is 2.00 bits per heavy atom. The van der Waals surface area contributed by atoms with Crippen molar-refractivity contribution >= 4 is 17.5 Å². The van der Waals surface area contributed by atoms with Crippen molar-refractivity contribution in [1.29, 1.82) is 5.26 Å². The zero-order valence-corrected chi connectivity index (χ0v) is 18.2. The molecule has 1 saturated heterocycles. The van der Waals surface area contributed by atoms with Crippen molar-refractivity contribution in [2.24, 2.45) is 5.92 Å². The maximum Gasteiger partial charge on any atom is 0.423 e. The molecule has 1 amide bonds.